The van der Waals surface area contributed by atoms with Gasteiger partial charge in [-0.3, -0.25) is 14.5 Å². The van der Waals surface area contributed by atoms with Gasteiger partial charge in [0.1, 0.15) is 19.3 Å². The van der Waals surface area contributed by atoms with Crippen molar-refractivity contribution in [3.63, 3.8) is 0 Å². The minimum Gasteiger partial charge on any atom is -0.445 e. The van der Waals surface area contributed by atoms with Gasteiger partial charge >= 0.3 is 6.09 Å². The molecule has 1 aliphatic rings. The first-order chi connectivity index (χ1) is 21.1. The molecule has 0 radical (unpaired) electrons. The van der Waals surface area contributed by atoms with E-state index in [-0.39, 0.29) is 25.0 Å². The van der Waals surface area contributed by atoms with Crippen molar-refractivity contribution in [2.24, 2.45) is 0 Å². The van der Waals surface area contributed by atoms with Gasteiger partial charge in [-0.1, -0.05) is 91.0 Å². The maximum absolute atomic E-state index is 13.5. The van der Waals surface area contributed by atoms with Crippen molar-refractivity contribution in [1.82, 2.24) is 20.4 Å². The average molecular weight is 587 g/mol. The monoisotopic (exact) mass is 586 g/mol. The number of alkyl carbamates (subject to hydrolysis) is 1. The normalized spacial score (nSPS) is 14.1. The lowest BCUT2D eigenvalue weighted by Crippen LogP contribution is -2.54. The molecule has 3 aromatic rings. The smallest absolute Gasteiger partial charge is 0.408 e. The number of unbranched alkanes of at least 4 members (excludes halogenated alkanes) is 1. The number of nitrogens with zero attached hydrogens (tertiary/aromatic N) is 2. The van der Waals surface area contributed by atoms with Crippen LogP contribution >= 0.6 is 0 Å². The molecular weight excluding hydrogens is 544 g/mol. The fraction of sp³-hybridized carbons (Fsp3) is 0.382. The van der Waals surface area contributed by atoms with E-state index in [0.717, 1.165) is 30.8 Å². The van der Waals surface area contributed by atoms with Crippen LogP contribution in [0.25, 0.3) is 0 Å². The number of carbonyl (C=O) groups is 3. The molecule has 0 saturated carbocycles. The Morgan fingerprint density at radius 3 is 1.93 bits per heavy atom. The number of nitrogens with one attached hydrogen (secondary N) is 2. The third kappa shape index (κ3) is 11.5. The van der Waals surface area contributed by atoms with Gasteiger partial charge in [0, 0.05) is 39.3 Å². The molecule has 0 bridgehead atoms. The Bertz CT molecular complexity index is 1250. The van der Waals surface area contributed by atoms with E-state index in [9.17, 15) is 14.4 Å². The highest BCUT2D eigenvalue weighted by molar-refractivity contribution is 5.85. The summed E-state index contributed by atoms with van der Waals surface area (Å²) in [6, 6.07) is 28.7. The van der Waals surface area contributed by atoms with Crippen LogP contribution in [0, 0.1) is 0 Å². The van der Waals surface area contributed by atoms with Crippen molar-refractivity contribution in [1.29, 1.82) is 0 Å². The molecular formula is C34H42N4O5. The zero-order chi connectivity index (χ0) is 30.1. The molecule has 3 aromatic carbocycles. The summed E-state index contributed by atoms with van der Waals surface area (Å²) in [6.45, 7) is 4.54. The molecule has 0 aromatic heterocycles. The SMILES string of the molecule is O=C(COCc1ccccc1)NCCCCC(NC(=O)OCc1ccccc1)C(=O)N1CCN(Cc2ccccc2)CC1. The Kier molecular flexibility index (Phi) is 13.0. The summed E-state index contributed by atoms with van der Waals surface area (Å²) in [6.07, 6.45) is 1.15. The van der Waals surface area contributed by atoms with Gasteiger partial charge in [-0.2, -0.15) is 0 Å². The molecule has 1 unspecified atom stereocenters. The molecule has 4 rings (SSSR count). The van der Waals surface area contributed by atoms with E-state index >= 15 is 0 Å². The zero-order valence-electron chi connectivity index (χ0n) is 24.7. The molecule has 3 amide bonds. The second-order valence-electron chi connectivity index (χ2n) is 10.7. The van der Waals surface area contributed by atoms with E-state index in [0.29, 0.717) is 45.5 Å². The average Bonchev–Trinajstić information content (AvgIpc) is 3.04. The van der Waals surface area contributed by atoms with Gasteiger partial charge in [-0.25, -0.2) is 4.79 Å². The first-order valence-electron chi connectivity index (χ1n) is 15.0. The topological polar surface area (TPSA) is 100 Å². The van der Waals surface area contributed by atoms with Crippen LogP contribution in [0.1, 0.15) is 36.0 Å². The van der Waals surface area contributed by atoms with Crippen LogP contribution in [0.15, 0.2) is 91.0 Å². The molecule has 1 saturated heterocycles. The number of rotatable bonds is 15. The molecule has 228 valence electrons. The Morgan fingerprint density at radius 1 is 0.721 bits per heavy atom. The summed E-state index contributed by atoms with van der Waals surface area (Å²) < 4.78 is 10.9. The van der Waals surface area contributed by atoms with Crippen LogP contribution in [-0.2, 0) is 38.8 Å². The van der Waals surface area contributed by atoms with E-state index in [2.05, 4.69) is 27.7 Å². The number of benzene rings is 3. The summed E-state index contributed by atoms with van der Waals surface area (Å²) in [5.74, 6) is -0.283. The fourth-order valence-corrected chi connectivity index (χ4v) is 4.94. The van der Waals surface area contributed by atoms with Gasteiger partial charge in [0.05, 0.1) is 6.61 Å². The van der Waals surface area contributed by atoms with Crippen LogP contribution in [0.4, 0.5) is 4.79 Å². The second-order valence-corrected chi connectivity index (χ2v) is 10.7. The highest BCUT2D eigenvalue weighted by Gasteiger charge is 2.29. The van der Waals surface area contributed by atoms with Crippen LogP contribution in [-0.4, -0.2) is 73.1 Å². The second kappa shape index (κ2) is 17.7. The molecule has 9 heteroatoms. The minimum atomic E-state index is -0.700. The standard InChI is InChI=1S/C34H42N4O5/c39-32(27-42-25-29-14-6-2-7-15-29)35-19-11-10-18-31(36-34(41)43-26-30-16-8-3-9-17-30)33(40)38-22-20-37(21-23-38)24-28-12-4-1-5-13-28/h1-9,12-17,31H,10-11,18-27H2,(H,35,39)(H,36,41). The van der Waals surface area contributed by atoms with E-state index in [1.807, 2.05) is 83.8 Å². The lowest BCUT2D eigenvalue weighted by molar-refractivity contribution is -0.135. The lowest BCUT2D eigenvalue weighted by atomic mass is 10.1. The van der Waals surface area contributed by atoms with Crippen LogP contribution in [0.3, 0.4) is 0 Å². The third-order valence-electron chi connectivity index (χ3n) is 7.32. The van der Waals surface area contributed by atoms with E-state index in [1.54, 1.807) is 0 Å². The number of ether oxygens (including phenoxy) is 2. The largest absolute Gasteiger partial charge is 0.445 e. The van der Waals surface area contributed by atoms with Crippen LogP contribution in [0.2, 0.25) is 0 Å². The van der Waals surface area contributed by atoms with Crippen molar-refractivity contribution in [3.8, 4) is 0 Å². The molecule has 43 heavy (non-hydrogen) atoms. The highest BCUT2D eigenvalue weighted by Crippen LogP contribution is 2.12. The van der Waals surface area contributed by atoms with Crippen molar-refractivity contribution < 1.29 is 23.9 Å². The molecule has 1 atom stereocenters. The summed E-state index contributed by atoms with van der Waals surface area (Å²) in [4.78, 5) is 42.5. The van der Waals surface area contributed by atoms with Crippen molar-refractivity contribution in [2.45, 2.75) is 45.1 Å². The Hall–Kier alpha value is -4.21. The van der Waals surface area contributed by atoms with E-state index in [4.69, 9.17) is 9.47 Å². The van der Waals surface area contributed by atoms with Crippen molar-refractivity contribution in [2.75, 3.05) is 39.3 Å². The molecule has 0 spiro atoms. The Labute approximate surface area is 254 Å². The first kappa shape index (κ1) is 31.7. The maximum Gasteiger partial charge on any atom is 0.408 e. The van der Waals surface area contributed by atoms with Gasteiger partial charge in [-0.05, 0) is 36.0 Å². The third-order valence-corrected chi connectivity index (χ3v) is 7.32. The highest BCUT2D eigenvalue weighted by atomic mass is 16.5. The number of piperazine rings is 1. The van der Waals surface area contributed by atoms with Gasteiger partial charge < -0.3 is 25.0 Å². The molecule has 1 aliphatic heterocycles. The van der Waals surface area contributed by atoms with Gasteiger partial charge in [0.2, 0.25) is 11.8 Å². The number of carbonyl (C=O) groups excluding carboxylic acids is 3. The minimum absolute atomic E-state index is 0.0128. The van der Waals surface area contributed by atoms with Gasteiger partial charge in [0.25, 0.3) is 0 Å². The number of amides is 3. The maximum atomic E-state index is 13.5. The van der Waals surface area contributed by atoms with E-state index in [1.165, 1.54) is 5.56 Å². The van der Waals surface area contributed by atoms with Crippen molar-refractivity contribution >= 4 is 17.9 Å². The predicted molar refractivity (Wildman–Crippen MR) is 165 cm³/mol. The molecule has 0 aliphatic carbocycles. The van der Waals surface area contributed by atoms with Crippen LogP contribution in [0.5, 0.6) is 0 Å². The summed E-state index contributed by atoms with van der Waals surface area (Å²) in [5.41, 5.74) is 3.13. The van der Waals surface area contributed by atoms with Crippen LogP contribution < -0.4 is 10.6 Å². The lowest BCUT2D eigenvalue weighted by Gasteiger charge is -2.36. The van der Waals surface area contributed by atoms with Crippen molar-refractivity contribution in [3.05, 3.63) is 108 Å². The Morgan fingerprint density at radius 2 is 1.30 bits per heavy atom. The quantitative estimate of drug-likeness (QED) is 0.260. The number of hydrogen-bond donors (Lipinski definition) is 2. The summed E-state index contributed by atoms with van der Waals surface area (Å²) in [5, 5.41) is 5.67. The fourth-order valence-electron chi connectivity index (χ4n) is 4.94. The first-order valence-corrected chi connectivity index (χ1v) is 15.0. The Balaban J connectivity index is 1.21. The van der Waals surface area contributed by atoms with Gasteiger partial charge in [0.15, 0.2) is 0 Å². The predicted octanol–water partition coefficient (Wildman–Crippen LogP) is 4.13. The zero-order valence-corrected chi connectivity index (χ0v) is 24.7. The molecule has 1 fully saturated rings. The number of hydrogen-bond acceptors (Lipinski definition) is 6. The molecule has 9 nitrogen and oxygen atoms in total. The van der Waals surface area contributed by atoms with E-state index < -0.39 is 12.1 Å². The molecule has 2 N–H and O–H groups in total. The summed E-state index contributed by atoms with van der Waals surface area (Å²) >= 11 is 0. The summed E-state index contributed by atoms with van der Waals surface area (Å²) in [7, 11) is 0. The molecule has 1 heterocycles. The van der Waals surface area contributed by atoms with Gasteiger partial charge in [-0.15, -0.1) is 0 Å².